The number of carbonyl (C=O) groups excluding carboxylic acids is 2. The summed E-state index contributed by atoms with van der Waals surface area (Å²) in [6.07, 6.45) is 11.2. The Morgan fingerprint density at radius 2 is 2.21 bits per heavy atom. The second kappa shape index (κ2) is 11.1. The molecule has 2 amide bonds. The van der Waals surface area contributed by atoms with Crippen LogP contribution in [0.4, 0.5) is 15.5 Å². The fourth-order valence-corrected chi connectivity index (χ4v) is 5.67. The van der Waals surface area contributed by atoms with Crippen LogP contribution in [0, 0.1) is 0 Å². The Bertz CT molecular complexity index is 1000. The van der Waals surface area contributed by atoms with Crippen molar-refractivity contribution >= 4 is 40.4 Å². The largest absolute Gasteiger partial charge is 0.446 e. The van der Waals surface area contributed by atoms with E-state index in [9.17, 15) is 9.59 Å². The third-order valence-electron chi connectivity index (χ3n) is 6.52. The SMILES string of the molecule is COC1C=CC=C(CCC(=O)Nc2sc3c(c2N)CCC(OC(=O)NCC2CN=CN2C)C3)C1. The van der Waals surface area contributed by atoms with Crippen LogP contribution in [-0.2, 0) is 27.1 Å². The van der Waals surface area contributed by atoms with Gasteiger partial charge in [-0.25, -0.2) is 4.79 Å². The zero-order valence-corrected chi connectivity index (χ0v) is 20.5. The molecule has 1 aromatic heterocycles. The highest BCUT2D eigenvalue weighted by Gasteiger charge is 2.28. The van der Waals surface area contributed by atoms with Gasteiger partial charge in [0.2, 0.25) is 5.91 Å². The fourth-order valence-electron chi connectivity index (χ4n) is 4.42. The molecule has 3 unspecified atom stereocenters. The molecule has 34 heavy (non-hydrogen) atoms. The average Bonchev–Trinajstić information content (AvgIpc) is 3.38. The second-order valence-electron chi connectivity index (χ2n) is 8.93. The van der Waals surface area contributed by atoms with Crippen LogP contribution < -0.4 is 16.4 Å². The quantitative estimate of drug-likeness (QED) is 0.519. The van der Waals surface area contributed by atoms with Crippen LogP contribution in [0.2, 0.25) is 0 Å². The van der Waals surface area contributed by atoms with Crippen molar-refractivity contribution in [3.63, 3.8) is 0 Å². The summed E-state index contributed by atoms with van der Waals surface area (Å²) in [4.78, 5) is 32.1. The van der Waals surface area contributed by atoms with E-state index in [1.54, 1.807) is 13.4 Å². The van der Waals surface area contributed by atoms with E-state index < -0.39 is 6.09 Å². The number of fused-ring (bicyclic) bond motifs is 1. The van der Waals surface area contributed by atoms with E-state index in [1.807, 2.05) is 24.1 Å². The summed E-state index contributed by atoms with van der Waals surface area (Å²) in [7, 11) is 3.63. The van der Waals surface area contributed by atoms with Gasteiger partial charge in [-0.2, -0.15) is 0 Å². The van der Waals surface area contributed by atoms with Gasteiger partial charge in [-0.1, -0.05) is 23.8 Å². The topological polar surface area (TPSA) is 118 Å². The van der Waals surface area contributed by atoms with E-state index in [0.717, 1.165) is 23.3 Å². The summed E-state index contributed by atoms with van der Waals surface area (Å²) in [5, 5.41) is 6.52. The van der Waals surface area contributed by atoms with Crippen molar-refractivity contribution in [2.24, 2.45) is 4.99 Å². The summed E-state index contributed by atoms with van der Waals surface area (Å²) < 4.78 is 11.0. The number of nitrogens with two attached hydrogens (primary N) is 1. The zero-order valence-electron chi connectivity index (χ0n) is 19.7. The first kappa shape index (κ1) is 24.3. The molecule has 0 radical (unpaired) electrons. The van der Waals surface area contributed by atoms with E-state index in [0.29, 0.717) is 49.5 Å². The summed E-state index contributed by atoms with van der Waals surface area (Å²) in [5.74, 6) is -0.0530. The second-order valence-corrected chi connectivity index (χ2v) is 10.0. The number of nitrogens with zero attached hydrogens (tertiary/aromatic N) is 2. The number of aliphatic imine (C=N–C) groups is 1. The lowest BCUT2D eigenvalue weighted by Gasteiger charge is -2.24. The highest BCUT2D eigenvalue weighted by molar-refractivity contribution is 7.17. The predicted octanol–water partition coefficient (Wildman–Crippen LogP) is 2.88. The lowest BCUT2D eigenvalue weighted by Crippen LogP contribution is -2.41. The molecular weight excluding hydrogens is 454 g/mol. The highest BCUT2D eigenvalue weighted by atomic mass is 32.1. The van der Waals surface area contributed by atoms with Crippen molar-refractivity contribution < 1.29 is 19.1 Å². The molecule has 0 bridgehead atoms. The van der Waals surface area contributed by atoms with Crippen molar-refractivity contribution in [3.05, 3.63) is 34.2 Å². The molecule has 10 heteroatoms. The van der Waals surface area contributed by atoms with E-state index in [-0.39, 0.29) is 24.2 Å². The van der Waals surface area contributed by atoms with Gasteiger partial charge in [-0.3, -0.25) is 9.79 Å². The predicted molar refractivity (Wildman–Crippen MR) is 134 cm³/mol. The number of amides is 2. The molecule has 4 rings (SSSR count). The van der Waals surface area contributed by atoms with Crippen LogP contribution in [-0.4, -0.2) is 68.7 Å². The van der Waals surface area contributed by atoms with Gasteiger partial charge in [0.25, 0.3) is 0 Å². The van der Waals surface area contributed by atoms with Gasteiger partial charge < -0.3 is 30.7 Å². The first-order valence-electron chi connectivity index (χ1n) is 11.7. The van der Waals surface area contributed by atoms with E-state index in [4.69, 9.17) is 15.2 Å². The number of anilines is 2. The molecule has 3 aliphatic rings. The number of hydrogen-bond donors (Lipinski definition) is 3. The van der Waals surface area contributed by atoms with Gasteiger partial charge in [0.1, 0.15) is 11.1 Å². The molecule has 4 N–H and O–H groups in total. The molecule has 9 nitrogen and oxygen atoms in total. The third-order valence-corrected chi connectivity index (χ3v) is 7.71. The van der Waals surface area contributed by atoms with Gasteiger partial charge in [0.15, 0.2) is 0 Å². The standard InChI is InChI=1S/C24H33N5O4S/c1-29-14-26-12-16(29)13-27-24(31)33-18-7-8-19-20(11-18)34-23(22(19)25)28-21(30)9-6-15-4-3-5-17(10-15)32-2/h3-5,14,16-18H,6-13,25H2,1-2H3,(H,27,31)(H,28,30). The van der Waals surface area contributed by atoms with Crippen molar-refractivity contribution in [2.45, 2.75) is 56.8 Å². The molecule has 0 saturated heterocycles. The zero-order chi connectivity index (χ0) is 24.1. The summed E-state index contributed by atoms with van der Waals surface area (Å²) in [6, 6.07) is 0.168. The molecule has 1 aliphatic heterocycles. The molecule has 1 aromatic rings. The van der Waals surface area contributed by atoms with Gasteiger partial charge in [-0.15, -0.1) is 11.3 Å². The number of rotatable bonds is 8. The molecule has 0 spiro atoms. The molecule has 2 heterocycles. The van der Waals surface area contributed by atoms with Crippen LogP contribution >= 0.6 is 11.3 Å². The maximum absolute atomic E-state index is 12.6. The Morgan fingerprint density at radius 1 is 1.35 bits per heavy atom. The van der Waals surface area contributed by atoms with Crippen LogP contribution in [0.15, 0.2) is 28.8 Å². The summed E-state index contributed by atoms with van der Waals surface area (Å²) in [6.45, 7) is 1.17. The number of allylic oxidation sites excluding steroid dienone is 2. The number of nitrogen functional groups attached to an aromatic ring is 1. The monoisotopic (exact) mass is 487 g/mol. The molecular formula is C24H33N5O4S. The van der Waals surface area contributed by atoms with Gasteiger partial charge in [-0.05, 0) is 31.2 Å². The summed E-state index contributed by atoms with van der Waals surface area (Å²) in [5.41, 5.74) is 9.25. The minimum absolute atomic E-state index is 0.0530. The van der Waals surface area contributed by atoms with Gasteiger partial charge in [0.05, 0.1) is 30.7 Å². The number of likely N-dealkylation sites (N-methyl/N-ethyl adjacent to an activating group) is 1. The van der Waals surface area contributed by atoms with Crippen LogP contribution in [0.5, 0.6) is 0 Å². The van der Waals surface area contributed by atoms with E-state index >= 15 is 0 Å². The van der Waals surface area contributed by atoms with Gasteiger partial charge in [0, 0.05) is 38.4 Å². The Kier molecular flexibility index (Phi) is 7.89. The third kappa shape index (κ3) is 5.98. The molecule has 3 atom stereocenters. The van der Waals surface area contributed by atoms with Crippen LogP contribution in [0.3, 0.4) is 0 Å². The Labute approximate surface area is 204 Å². The minimum Gasteiger partial charge on any atom is -0.446 e. The maximum atomic E-state index is 12.6. The smallest absolute Gasteiger partial charge is 0.407 e. The van der Waals surface area contributed by atoms with Crippen molar-refractivity contribution in [2.75, 3.05) is 38.3 Å². The van der Waals surface area contributed by atoms with Crippen molar-refractivity contribution in [3.8, 4) is 0 Å². The fraction of sp³-hybridized carbons (Fsp3) is 0.542. The lowest BCUT2D eigenvalue weighted by molar-refractivity contribution is -0.116. The first-order chi connectivity index (χ1) is 16.4. The number of ether oxygens (including phenoxy) is 2. The van der Waals surface area contributed by atoms with Crippen molar-refractivity contribution in [1.82, 2.24) is 10.2 Å². The van der Waals surface area contributed by atoms with E-state index in [2.05, 4.69) is 21.7 Å². The maximum Gasteiger partial charge on any atom is 0.407 e. The minimum atomic E-state index is -0.408. The molecule has 0 saturated carbocycles. The van der Waals surface area contributed by atoms with Crippen LogP contribution in [0.25, 0.3) is 0 Å². The van der Waals surface area contributed by atoms with Gasteiger partial charge >= 0.3 is 6.09 Å². The normalized spacial score (nSPS) is 23.4. The Hall–Kier alpha value is -2.85. The number of nitrogens with one attached hydrogen (secondary N) is 2. The van der Waals surface area contributed by atoms with E-state index in [1.165, 1.54) is 16.9 Å². The Morgan fingerprint density at radius 3 is 2.97 bits per heavy atom. The highest BCUT2D eigenvalue weighted by Crippen LogP contribution is 2.40. The number of carbonyl (C=O) groups is 2. The summed E-state index contributed by atoms with van der Waals surface area (Å²) >= 11 is 1.48. The number of alkyl carbamates (subject to hydrolysis) is 1. The van der Waals surface area contributed by atoms with Crippen molar-refractivity contribution in [1.29, 1.82) is 0 Å². The van der Waals surface area contributed by atoms with Crippen LogP contribution in [0.1, 0.15) is 36.1 Å². The average molecular weight is 488 g/mol. The Balaban J connectivity index is 1.25. The molecule has 0 aromatic carbocycles. The number of methoxy groups -OCH3 is 1. The molecule has 184 valence electrons. The lowest BCUT2D eigenvalue weighted by atomic mass is 9.95. The molecule has 0 fully saturated rings. The number of hydrogen-bond acceptors (Lipinski definition) is 8. The number of thiophene rings is 1. The first-order valence-corrected chi connectivity index (χ1v) is 12.5. The molecule has 2 aliphatic carbocycles.